The van der Waals surface area contributed by atoms with Crippen LogP contribution in [0.1, 0.15) is 11.1 Å². The lowest BCUT2D eigenvalue weighted by Crippen LogP contribution is -2.43. The molecular weight excluding hydrogens is 320 g/mol. The molecule has 0 N–H and O–H groups in total. The van der Waals surface area contributed by atoms with Crippen LogP contribution >= 0.6 is 0 Å². The lowest BCUT2D eigenvalue weighted by molar-refractivity contribution is 0.0326. The van der Waals surface area contributed by atoms with Gasteiger partial charge in [0.2, 0.25) is 0 Å². The van der Waals surface area contributed by atoms with Crippen molar-refractivity contribution >= 4 is 11.0 Å². The summed E-state index contributed by atoms with van der Waals surface area (Å²) in [5, 5.41) is 1.03. The molecule has 2 aliphatic heterocycles. The molecule has 1 saturated heterocycles. The Balaban J connectivity index is 1.52. The van der Waals surface area contributed by atoms with Crippen molar-refractivity contribution in [1.82, 2.24) is 9.80 Å². The van der Waals surface area contributed by atoms with Gasteiger partial charge in [0.1, 0.15) is 11.3 Å². The molecule has 0 radical (unpaired) electrons. The number of ether oxygens (including phenoxy) is 2. The average Bonchev–Trinajstić information content (AvgIpc) is 2.67. The van der Waals surface area contributed by atoms with Crippen molar-refractivity contribution in [2.45, 2.75) is 13.0 Å². The van der Waals surface area contributed by atoms with E-state index in [2.05, 4.69) is 9.80 Å². The highest BCUT2D eigenvalue weighted by molar-refractivity contribution is 5.82. The molecule has 0 atom stereocenters. The fourth-order valence-corrected chi connectivity index (χ4v) is 3.73. The molecule has 0 aliphatic carbocycles. The van der Waals surface area contributed by atoms with Crippen molar-refractivity contribution in [1.29, 1.82) is 0 Å². The molecule has 0 saturated carbocycles. The largest absolute Gasteiger partial charge is 0.497 e. The Morgan fingerprint density at radius 3 is 2.68 bits per heavy atom. The van der Waals surface area contributed by atoms with E-state index in [-0.39, 0.29) is 5.63 Å². The Labute approximate surface area is 146 Å². The molecule has 25 heavy (non-hydrogen) atoms. The van der Waals surface area contributed by atoms with Gasteiger partial charge < -0.3 is 13.9 Å². The van der Waals surface area contributed by atoms with Crippen LogP contribution in [0.4, 0.5) is 0 Å². The first-order chi connectivity index (χ1) is 12.2. The number of benzene rings is 1. The Morgan fingerprint density at radius 1 is 1.08 bits per heavy atom. The number of hydrogen-bond donors (Lipinski definition) is 0. The van der Waals surface area contributed by atoms with Crippen molar-refractivity contribution in [3.05, 3.63) is 39.7 Å². The van der Waals surface area contributed by atoms with E-state index < -0.39 is 0 Å². The molecule has 1 aromatic carbocycles. The molecule has 2 aromatic rings. The summed E-state index contributed by atoms with van der Waals surface area (Å²) in [5.74, 6) is 0.707. The van der Waals surface area contributed by atoms with Gasteiger partial charge in [-0.3, -0.25) is 9.80 Å². The van der Waals surface area contributed by atoms with E-state index in [1.807, 2.05) is 12.1 Å². The van der Waals surface area contributed by atoms with Crippen molar-refractivity contribution < 1.29 is 13.9 Å². The number of hydrogen-bond acceptors (Lipinski definition) is 6. The van der Waals surface area contributed by atoms with Crippen molar-refractivity contribution in [2.75, 3.05) is 53.0 Å². The summed E-state index contributed by atoms with van der Waals surface area (Å²) >= 11 is 0. The third kappa shape index (κ3) is 3.42. The third-order valence-electron chi connectivity index (χ3n) is 5.22. The molecule has 1 fully saturated rings. The normalized spacial score (nSPS) is 19.1. The van der Waals surface area contributed by atoms with Gasteiger partial charge in [0.15, 0.2) is 0 Å². The van der Waals surface area contributed by atoms with Crippen LogP contribution in [0.15, 0.2) is 27.4 Å². The molecule has 0 amide bonds. The molecule has 2 aliphatic rings. The van der Waals surface area contributed by atoms with Crippen LogP contribution in [0.5, 0.6) is 5.75 Å². The van der Waals surface area contributed by atoms with Gasteiger partial charge in [0.05, 0.1) is 25.9 Å². The number of nitrogens with zero attached hydrogens (tertiary/aromatic N) is 2. The first-order valence-electron chi connectivity index (χ1n) is 8.89. The Kier molecular flexibility index (Phi) is 4.74. The van der Waals surface area contributed by atoms with Crippen LogP contribution in [0.25, 0.3) is 11.0 Å². The van der Waals surface area contributed by atoms with E-state index >= 15 is 0 Å². The summed E-state index contributed by atoms with van der Waals surface area (Å²) in [7, 11) is 1.62. The summed E-state index contributed by atoms with van der Waals surface area (Å²) in [5.41, 5.74) is 2.35. The maximum atomic E-state index is 12.5. The van der Waals surface area contributed by atoms with E-state index in [1.54, 1.807) is 13.2 Å². The summed E-state index contributed by atoms with van der Waals surface area (Å²) in [6.07, 6.45) is 0.882. The smallest absolute Gasteiger partial charge is 0.341 e. The molecule has 0 spiro atoms. The Hall–Kier alpha value is -1.89. The minimum atomic E-state index is -0.216. The topological polar surface area (TPSA) is 55.2 Å². The minimum Gasteiger partial charge on any atom is -0.497 e. The minimum absolute atomic E-state index is 0.216. The van der Waals surface area contributed by atoms with E-state index in [4.69, 9.17) is 13.9 Å². The van der Waals surface area contributed by atoms with Gasteiger partial charge in [-0.1, -0.05) is 0 Å². The molecule has 4 rings (SSSR count). The second-order valence-electron chi connectivity index (χ2n) is 6.69. The highest BCUT2D eigenvalue weighted by atomic mass is 16.5. The predicted molar refractivity (Wildman–Crippen MR) is 95.3 cm³/mol. The van der Waals surface area contributed by atoms with Crippen molar-refractivity contribution in [3.63, 3.8) is 0 Å². The quantitative estimate of drug-likeness (QED) is 0.784. The lowest BCUT2D eigenvalue weighted by atomic mass is 9.97. The highest BCUT2D eigenvalue weighted by Crippen LogP contribution is 2.27. The van der Waals surface area contributed by atoms with Crippen molar-refractivity contribution in [2.24, 2.45) is 0 Å². The van der Waals surface area contributed by atoms with E-state index in [0.29, 0.717) is 17.9 Å². The second-order valence-corrected chi connectivity index (χ2v) is 6.69. The number of morpholine rings is 1. The van der Waals surface area contributed by atoms with Crippen LogP contribution in [-0.2, 0) is 17.7 Å². The second kappa shape index (κ2) is 7.15. The van der Waals surface area contributed by atoms with E-state index in [1.165, 1.54) is 0 Å². The van der Waals surface area contributed by atoms with Gasteiger partial charge in [-0.05, 0) is 24.1 Å². The number of fused-ring (bicyclic) bond motifs is 3. The molecule has 3 heterocycles. The maximum absolute atomic E-state index is 12.5. The molecule has 0 bridgehead atoms. The molecular formula is C19H24N2O4. The van der Waals surface area contributed by atoms with Gasteiger partial charge in [-0.25, -0.2) is 4.79 Å². The van der Waals surface area contributed by atoms with Crippen LogP contribution in [-0.4, -0.2) is 62.8 Å². The van der Waals surface area contributed by atoms with Crippen LogP contribution in [0, 0.1) is 0 Å². The highest BCUT2D eigenvalue weighted by Gasteiger charge is 2.23. The molecule has 1 aromatic heterocycles. The summed E-state index contributed by atoms with van der Waals surface area (Å²) < 4.78 is 16.2. The van der Waals surface area contributed by atoms with Gasteiger partial charge in [0, 0.05) is 50.7 Å². The van der Waals surface area contributed by atoms with Gasteiger partial charge in [-0.2, -0.15) is 0 Å². The monoisotopic (exact) mass is 344 g/mol. The fourth-order valence-electron chi connectivity index (χ4n) is 3.73. The van der Waals surface area contributed by atoms with E-state index in [9.17, 15) is 4.79 Å². The third-order valence-corrected chi connectivity index (χ3v) is 5.22. The van der Waals surface area contributed by atoms with Gasteiger partial charge in [0.25, 0.3) is 0 Å². The standard InChI is InChI=1S/C19H24N2O4/c1-23-14-2-3-16-15-4-5-21(7-6-20-8-10-24-11-9-20)13-17(15)19(22)25-18(16)12-14/h2-3,12H,4-11,13H2,1H3. The zero-order valence-corrected chi connectivity index (χ0v) is 14.6. The fraction of sp³-hybridized carbons (Fsp3) is 0.526. The van der Waals surface area contributed by atoms with Gasteiger partial charge in [-0.15, -0.1) is 0 Å². The lowest BCUT2D eigenvalue weighted by Gasteiger charge is -2.32. The first-order valence-corrected chi connectivity index (χ1v) is 8.89. The number of methoxy groups -OCH3 is 1. The average molecular weight is 344 g/mol. The van der Waals surface area contributed by atoms with E-state index in [0.717, 1.165) is 68.9 Å². The van der Waals surface area contributed by atoms with Crippen molar-refractivity contribution in [3.8, 4) is 5.75 Å². The zero-order valence-electron chi connectivity index (χ0n) is 14.6. The van der Waals surface area contributed by atoms with Crippen LogP contribution < -0.4 is 10.4 Å². The maximum Gasteiger partial charge on any atom is 0.341 e. The Bertz CT molecular complexity index is 811. The predicted octanol–water partition coefficient (Wildman–Crippen LogP) is 1.49. The molecule has 0 unspecified atom stereocenters. The zero-order chi connectivity index (χ0) is 17.2. The molecule has 134 valence electrons. The summed E-state index contributed by atoms with van der Waals surface area (Å²) in [6, 6.07) is 5.72. The molecule has 6 nitrogen and oxygen atoms in total. The Morgan fingerprint density at radius 2 is 1.88 bits per heavy atom. The summed E-state index contributed by atoms with van der Waals surface area (Å²) in [6.45, 7) is 7.28. The molecule has 6 heteroatoms. The van der Waals surface area contributed by atoms with Gasteiger partial charge >= 0.3 is 5.63 Å². The number of rotatable bonds is 4. The SMILES string of the molecule is COc1ccc2c3c(c(=O)oc2c1)CN(CCN1CCOCC1)CC3. The van der Waals surface area contributed by atoms with Crippen LogP contribution in [0.3, 0.4) is 0 Å². The van der Waals surface area contributed by atoms with Crippen LogP contribution in [0.2, 0.25) is 0 Å². The first kappa shape index (κ1) is 16.6. The summed E-state index contributed by atoms with van der Waals surface area (Å²) in [4.78, 5) is 17.2.